The van der Waals surface area contributed by atoms with Gasteiger partial charge in [-0.25, -0.2) is 9.37 Å². The molecule has 0 saturated heterocycles. The van der Waals surface area contributed by atoms with E-state index in [1.807, 2.05) is 0 Å². The largest absolute Gasteiger partial charge is 0.324 e. The normalized spacial score (nSPS) is 12.6. The Kier molecular flexibility index (Phi) is 3.63. The minimum absolute atomic E-state index is 0.0329. The van der Waals surface area contributed by atoms with Crippen LogP contribution in [0.5, 0.6) is 0 Å². The van der Waals surface area contributed by atoms with Crippen molar-refractivity contribution in [1.82, 2.24) is 14.9 Å². The zero-order valence-electron chi connectivity index (χ0n) is 12.3. The van der Waals surface area contributed by atoms with Crippen LogP contribution in [0.4, 0.5) is 4.39 Å². The van der Waals surface area contributed by atoms with E-state index in [9.17, 15) is 4.39 Å². The lowest BCUT2D eigenvalue weighted by molar-refractivity contribution is 0.408. The monoisotopic (exact) mass is 263 g/mol. The predicted molar refractivity (Wildman–Crippen MR) is 76.7 cm³/mol. The summed E-state index contributed by atoms with van der Waals surface area (Å²) in [7, 11) is 0. The molecule has 0 saturated carbocycles. The van der Waals surface area contributed by atoms with Crippen molar-refractivity contribution < 1.29 is 4.39 Å². The number of nitrogens with zero attached hydrogens (tertiary/aromatic N) is 2. The lowest BCUT2D eigenvalue weighted by atomic mass is 10.1. The number of imidazole rings is 1. The molecule has 2 rings (SSSR count). The Morgan fingerprint density at radius 3 is 2.58 bits per heavy atom. The van der Waals surface area contributed by atoms with Crippen molar-refractivity contribution in [3.63, 3.8) is 0 Å². The van der Waals surface area contributed by atoms with Gasteiger partial charge in [-0.2, -0.15) is 0 Å². The first-order valence-electron chi connectivity index (χ1n) is 6.69. The van der Waals surface area contributed by atoms with Gasteiger partial charge >= 0.3 is 0 Å². The summed E-state index contributed by atoms with van der Waals surface area (Å²) in [4.78, 5) is 4.56. The van der Waals surface area contributed by atoms with Gasteiger partial charge in [0, 0.05) is 17.6 Å². The molecule has 3 nitrogen and oxygen atoms in total. The van der Waals surface area contributed by atoms with E-state index in [1.165, 1.54) is 12.1 Å². The third kappa shape index (κ3) is 3.13. The molecule has 19 heavy (non-hydrogen) atoms. The first-order chi connectivity index (χ1) is 8.78. The van der Waals surface area contributed by atoms with Crippen LogP contribution in [0.15, 0.2) is 18.2 Å². The van der Waals surface area contributed by atoms with E-state index in [2.05, 4.69) is 49.5 Å². The molecule has 4 heteroatoms. The van der Waals surface area contributed by atoms with Gasteiger partial charge in [0.05, 0.1) is 17.6 Å². The number of hydrogen-bond donors (Lipinski definition) is 1. The van der Waals surface area contributed by atoms with Crippen molar-refractivity contribution >= 4 is 11.0 Å². The maximum absolute atomic E-state index is 13.3. The summed E-state index contributed by atoms with van der Waals surface area (Å²) >= 11 is 0. The summed E-state index contributed by atoms with van der Waals surface area (Å²) in [5, 5.41) is 3.43. The number of aromatic nitrogens is 2. The molecule has 1 heterocycles. The van der Waals surface area contributed by atoms with Crippen molar-refractivity contribution in [2.45, 2.75) is 52.7 Å². The topological polar surface area (TPSA) is 29.9 Å². The highest BCUT2D eigenvalue weighted by atomic mass is 19.1. The standard InChI is InChI=1S/C15H22FN3/c1-10(2)19-13-7-6-11(16)8-12(13)18-14(19)9-17-15(3,4)5/h6-8,10,17H,9H2,1-5H3. The summed E-state index contributed by atoms with van der Waals surface area (Å²) in [6, 6.07) is 5.09. The second-order valence-corrected chi connectivity index (χ2v) is 6.23. The van der Waals surface area contributed by atoms with Crippen LogP contribution in [0.25, 0.3) is 11.0 Å². The molecule has 0 aliphatic carbocycles. The van der Waals surface area contributed by atoms with Crippen LogP contribution in [0.1, 0.15) is 46.5 Å². The van der Waals surface area contributed by atoms with Crippen LogP contribution in [0.2, 0.25) is 0 Å². The molecule has 0 fully saturated rings. The Labute approximate surface area is 113 Å². The summed E-state index contributed by atoms with van der Waals surface area (Å²) < 4.78 is 15.4. The molecule has 0 spiro atoms. The molecule has 0 aliphatic heterocycles. The maximum Gasteiger partial charge on any atom is 0.125 e. The van der Waals surface area contributed by atoms with Crippen LogP contribution in [-0.2, 0) is 6.54 Å². The summed E-state index contributed by atoms with van der Waals surface area (Å²) in [6.45, 7) is 11.3. The fourth-order valence-electron chi connectivity index (χ4n) is 2.17. The van der Waals surface area contributed by atoms with Crippen molar-refractivity contribution in [1.29, 1.82) is 0 Å². The van der Waals surface area contributed by atoms with E-state index in [4.69, 9.17) is 0 Å². The smallest absolute Gasteiger partial charge is 0.125 e. The molecule has 1 N–H and O–H groups in total. The van der Waals surface area contributed by atoms with Crippen LogP contribution in [0, 0.1) is 5.82 Å². The average Bonchev–Trinajstić information content (AvgIpc) is 2.62. The van der Waals surface area contributed by atoms with Crippen LogP contribution >= 0.6 is 0 Å². The molecule has 0 atom stereocenters. The molecule has 1 aromatic carbocycles. The van der Waals surface area contributed by atoms with Gasteiger partial charge in [0.25, 0.3) is 0 Å². The van der Waals surface area contributed by atoms with Gasteiger partial charge < -0.3 is 9.88 Å². The Balaban J connectivity index is 2.44. The number of hydrogen-bond acceptors (Lipinski definition) is 2. The SMILES string of the molecule is CC(C)n1c(CNC(C)(C)C)nc2cc(F)ccc21. The van der Waals surface area contributed by atoms with Crippen molar-refractivity contribution in [3.05, 3.63) is 29.8 Å². The molecule has 0 radical (unpaired) electrons. The van der Waals surface area contributed by atoms with Crippen LogP contribution < -0.4 is 5.32 Å². The van der Waals surface area contributed by atoms with Crippen molar-refractivity contribution in [3.8, 4) is 0 Å². The second-order valence-electron chi connectivity index (χ2n) is 6.23. The van der Waals surface area contributed by atoms with Gasteiger partial charge in [-0.05, 0) is 46.8 Å². The molecule has 0 unspecified atom stereocenters. The summed E-state index contributed by atoms with van der Waals surface area (Å²) in [5.74, 6) is 0.710. The number of halogens is 1. The van der Waals surface area contributed by atoms with E-state index in [-0.39, 0.29) is 11.4 Å². The number of benzene rings is 1. The zero-order chi connectivity index (χ0) is 14.2. The van der Waals surface area contributed by atoms with Gasteiger partial charge in [-0.15, -0.1) is 0 Å². The molecule has 104 valence electrons. The van der Waals surface area contributed by atoms with Gasteiger partial charge in [0.2, 0.25) is 0 Å². The zero-order valence-corrected chi connectivity index (χ0v) is 12.3. The fraction of sp³-hybridized carbons (Fsp3) is 0.533. The molecule has 0 aliphatic rings. The average molecular weight is 263 g/mol. The lowest BCUT2D eigenvalue weighted by Gasteiger charge is -2.21. The second kappa shape index (κ2) is 4.93. The van der Waals surface area contributed by atoms with Gasteiger partial charge in [0.1, 0.15) is 11.6 Å². The van der Waals surface area contributed by atoms with E-state index in [0.29, 0.717) is 12.6 Å². The van der Waals surface area contributed by atoms with E-state index < -0.39 is 0 Å². The van der Waals surface area contributed by atoms with E-state index in [1.54, 1.807) is 6.07 Å². The number of rotatable bonds is 3. The van der Waals surface area contributed by atoms with Crippen LogP contribution in [-0.4, -0.2) is 15.1 Å². The summed E-state index contributed by atoms with van der Waals surface area (Å²) in [5.41, 5.74) is 1.74. The first-order valence-corrected chi connectivity index (χ1v) is 6.69. The molecular weight excluding hydrogens is 241 g/mol. The predicted octanol–water partition coefficient (Wildman–Crippen LogP) is 3.64. The number of nitrogens with one attached hydrogen (secondary N) is 1. The highest BCUT2D eigenvalue weighted by Gasteiger charge is 2.16. The maximum atomic E-state index is 13.3. The Morgan fingerprint density at radius 2 is 2.00 bits per heavy atom. The molecule has 1 aromatic heterocycles. The first kappa shape index (κ1) is 14.0. The number of fused-ring (bicyclic) bond motifs is 1. The van der Waals surface area contributed by atoms with E-state index >= 15 is 0 Å². The molecule has 0 bridgehead atoms. The Morgan fingerprint density at radius 1 is 1.32 bits per heavy atom. The molecule has 2 aromatic rings. The third-order valence-corrected chi connectivity index (χ3v) is 3.02. The Hall–Kier alpha value is -1.42. The van der Waals surface area contributed by atoms with Crippen molar-refractivity contribution in [2.24, 2.45) is 0 Å². The minimum Gasteiger partial charge on any atom is -0.324 e. The Bertz CT molecular complexity index is 579. The van der Waals surface area contributed by atoms with Crippen molar-refractivity contribution in [2.75, 3.05) is 0 Å². The summed E-state index contributed by atoms with van der Waals surface area (Å²) in [6.07, 6.45) is 0. The quantitative estimate of drug-likeness (QED) is 0.916. The fourth-order valence-corrected chi connectivity index (χ4v) is 2.17. The van der Waals surface area contributed by atoms with Crippen LogP contribution in [0.3, 0.4) is 0 Å². The third-order valence-electron chi connectivity index (χ3n) is 3.02. The lowest BCUT2D eigenvalue weighted by Crippen LogP contribution is -2.36. The highest BCUT2D eigenvalue weighted by Crippen LogP contribution is 2.22. The highest BCUT2D eigenvalue weighted by molar-refractivity contribution is 5.76. The molecular formula is C15H22FN3. The van der Waals surface area contributed by atoms with E-state index in [0.717, 1.165) is 16.9 Å². The minimum atomic E-state index is -0.240. The van der Waals surface area contributed by atoms with Gasteiger partial charge in [-0.3, -0.25) is 0 Å². The molecule has 0 amide bonds. The van der Waals surface area contributed by atoms with Gasteiger partial charge in [-0.1, -0.05) is 0 Å². The van der Waals surface area contributed by atoms with Gasteiger partial charge in [0.15, 0.2) is 0 Å².